The third-order valence-electron chi connectivity index (χ3n) is 2.12. The van der Waals surface area contributed by atoms with Crippen molar-refractivity contribution in [1.82, 2.24) is 4.98 Å². The highest BCUT2D eigenvalue weighted by Crippen LogP contribution is 2.22. The van der Waals surface area contributed by atoms with Crippen LogP contribution in [0.25, 0.3) is 5.57 Å². The van der Waals surface area contributed by atoms with Crippen molar-refractivity contribution in [2.24, 2.45) is 10.7 Å². The number of nitrogens with two attached hydrogens (primary N) is 1. The molecule has 0 bridgehead atoms. The molecule has 1 aromatic rings. The van der Waals surface area contributed by atoms with E-state index in [1.807, 2.05) is 25.3 Å². The van der Waals surface area contributed by atoms with Gasteiger partial charge in [-0.25, -0.2) is 0 Å². The summed E-state index contributed by atoms with van der Waals surface area (Å²) in [4.78, 5) is 8.22. The minimum atomic E-state index is 0.630. The van der Waals surface area contributed by atoms with Crippen LogP contribution in [0.15, 0.2) is 35.1 Å². The Bertz CT molecular complexity index is 376. The van der Waals surface area contributed by atoms with Crippen LogP contribution >= 0.6 is 0 Å². The van der Waals surface area contributed by atoms with Gasteiger partial charge in [-0.2, -0.15) is 0 Å². The van der Waals surface area contributed by atoms with E-state index in [2.05, 4.69) is 9.98 Å². The zero-order valence-corrected chi connectivity index (χ0v) is 7.49. The quantitative estimate of drug-likeness (QED) is 0.694. The van der Waals surface area contributed by atoms with Gasteiger partial charge in [0.05, 0.1) is 6.54 Å². The van der Waals surface area contributed by atoms with E-state index in [4.69, 9.17) is 5.73 Å². The molecule has 0 fully saturated rings. The standard InChI is InChI=1S/C10H11N3/c1-7-5-13-10(11)9(7)8-3-2-4-12-6-8/h2-4,6H,5H2,1H3,(H2,11,13). The second-order valence-corrected chi connectivity index (χ2v) is 3.10. The molecule has 0 unspecified atom stereocenters. The van der Waals surface area contributed by atoms with Crippen LogP contribution in [-0.4, -0.2) is 17.4 Å². The lowest BCUT2D eigenvalue weighted by Crippen LogP contribution is -2.11. The maximum atomic E-state index is 5.77. The molecule has 3 heteroatoms. The van der Waals surface area contributed by atoms with Gasteiger partial charge in [-0.1, -0.05) is 6.07 Å². The van der Waals surface area contributed by atoms with Gasteiger partial charge in [0, 0.05) is 23.5 Å². The second kappa shape index (κ2) is 3.01. The van der Waals surface area contributed by atoms with Crippen molar-refractivity contribution >= 4 is 11.4 Å². The van der Waals surface area contributed by atoms with Crippen molar-refractivity contribution in [2.75, 3.05) is 6.54 Å². The number of rotatable bonds is 1. The molecule has 0 radical (unpaired) electrons. The summed E-state index contributed by atoms with van der Waals surface area (Å²) in [7, 11) is 0. The molecular weight excluding hydrogens is 162 g/mol. The van der Waals surface area contributed by atoms with Crippen LogP contribution in [-0.2, 0) is 0 Å². The summed E-state index contributed by atoms with van der Waals surface area (Å²) in [6.45, 7) is 2.77. The van der Waals surface area contributed by atoms with Crippen LogP contribution in [0.5, 0.6) is 0 Å². The Hall–Kier alpha value is -1.64. The first-order valence-corrected chi connectivity index (χ1v) is 4.19. The van der Waals surface area contributed by atoms with E-state index in [1.165, 1.54) is 5.57 Å². The van der Waals surface area contributed by atoms with Gasteiger partial charge >= 0.3 is 0 Å². The van der Waals surface area contributed by atoms with Crippen LogP contribution in [0.4, 0.5) is 0 Å². The average molecular weight is 173 g/mol. The monoisotopic (exact) mass is 173 g/mol. The third kappa shape index (κ3) is 1.33. The fourth-order valence-corrected chi connectivity index (χ4v) is 1.49. The summed E-state index contributed by atoms with van der Waals surface area (Å²) in [5.74, 6) is 0.630. The lowest BCUT2D eigenvalue weighted by atomic mass is 10.0. The number of aliphatic imine (C=N–C) groups is 1. The predicted octanol–water partition coefficient (Wildman–Crippen LogP) is 1.23. The van der Waals surface area contributed by atoms with E-state index in [-0.39, 0.29) is 0 Å². The molecule has 13 heavy (non-hydrogen) atoms. The molecule has 0 saturated heterocycles. The molecule has 3 nitrogen and oxygen atoms in total. The van der Waals surface area contributed by atoms with Gasteiger partial charge in [-0.3, -0.25) is 9.98 Å². The molecule has 0 aromatic carbocycles. The molecule has 1 aromatic heterocycles. The minimum absolute atomic E-state index is 0.630. The summed E-state index contributed by atoms with van der Waals surface area (Å²) >= 11 is 0. The zero-order valence-electron chi connectivity index (χ0n) is 7.49. The summed E-state index contributed by atoms with van der Waals surface area (Å²) in [5, 5.41) is 0. The fraction of sp³-hybridized carbons (Fsp3) is 0.200. The van der Waals surface area contributed by atoms with Crippen LogP contribution in [0, 0.1) is 0 Å². The Morgan fingerprint density at radius 3 is 2.85 bits per heavy atom. The summed E-state index contributed by atoms with van der Waals surface area (Å²) < 4.78 is 0. The molecule has 0 saturated carbocycles. The van der Waals surface area contributed by atoms with Gasteiger partial charge in [0.2, 0.25) is 0 Å². The van der Waals surface area contributed by atoms with Crippen molar-refractivity contribution < 1.29 is 0 Å². The summed E-state index contributed by atoms with van der Waals surface area (Å²) in [6, 6.07) is 3.90. The van der Waals surface area contributed by atoms with E-state index in [0.717, 1.165) is 17.7 Å². The van der Waals surface area contributed by atoms with Gasteiger partial charge in [0.1, 0.15) is 5.84 Å². The average Bonchev–Trinajstić information content (AvgIpc) is 2.48. The van der Waals surface area contributed by atoms with Gasteiger partial charge < -0.3 is 5.73 Å². The molecule has 66 valence electrons. The number of aromatic nitrogens is 1. The van der Waals surface area contributed by atoms with Crippen molar-refractivity contribution in [3.8, 4) is 0 Å². The third-order valence-corrected chi connectivity index (χ3v) is 2.12. The minimum Gasteiger partial charge on any atom is -0.383 e. The molecule has 0 spiro atoms. The van der Waals surface area contributed by atoms with E-state index in [1.54, 1.807) is 6.20 Å². The lowest BCUT2D eigenvalue weighted by Gasteiger charge is -2.03. The molecular formula is C10H11N3. The van der Waals surface area contributed by atoms with Crippen LogP contribution < -0.4 is 5.73 Å². The fourth-order valence-electron chi connectivity index (χ4n) is 1.49. The number of nitrogens with zero attached hydrogens (tertiary/aromatic N) is 2. The molecule has 0 amide bonds. The Morgan fingerprint density at radius 2 is 2.31 bits per heavy atom. The van der Waals surface area contributed by atoms with Crippen LogP contribution in [0.3, 0.4) is 0 Å². The molecule has 1 aliphatic rings. The summed E-state index contributed by atoms with van der Waals surface area (Å²) in [6.07, 6.45) is 3.56. The Balaban J connectivity index is 2.48. The highest BCUT2D eigenvalue weighted by atomic mass is 14.9. The highest BCUT2D eigenvalue weighted by Gasteiger charge is 2.14. The lowest BCUT2D eigenvalue weighted by molar-refractivity contribution is 1.17. The Kier molecular flexibility index (Phi) is 1.85. The largest absolute Gasteiger partial charge is 0.383 e. The van der Waals surface area contributed by atoms with Crippen molar-refractivity contribution in [1.29, 1.82) is 0 Å². The summed E-state index contributed by atoms with van der Waals surface area (Å²) in [5.41, 5.74) is 9.08. The first kappa shape index (κ1) is 7.98. The molecule has 1 aliphatic heterocycles. The smallest absolute Gasteiger partial charge is 0.126 e. The number of pyridine rings is 1. The molecule has 2 N–H and O–H groups in total. The van der Waals surface area contributed by atoms with E-state index >= 15 is 0 Å². The Morgan fingerprint density at radius 1 is 1.46 bits per heavy atom. The maximum Gasteiger partial charge on any atom is 0.126 e. The van der Waals surface area contributed by atoms with E-state index in [0.29, 0.717) is 5.84 Å². The first-order chi connectivity index (χ1) is 6.29. The molecule has 2 rings (SSSR count). The van der Waals surface area contributed by atoms with E-state index < -0.39 is 0 Å². The van der Waals surface area contributed by atoms with Crippen LogP contribution in [0.2, 0.25) is 0 Å². The number of amidine groups is 1. The van der Waals surface area contributed by atoms with Crippen molar-refractivity contribution in [3.05, 3.63) is 35.7 Å². The predicted molar refractivity (Wildman–Crippen MR) is 53.3 cm³/mol. The SMILES string of the molecule is CC1=C(c2cccnc2)C(N)=NC1. The van der Waals surface area contributed by atoms with Gasteiger partial charge in [-0.15, -0.1) is 0 Å². The number of hydrogen-bond acceptors (Lipinski definition) is 3. The zero-order chi connectivity index (χ0) is 9.26. The van der Waals surface area contributed by atoms with Crippen LogP contribution in [0.1, 0.15) is 12.5 Å². The van der Waals surface area contributed by atoms with Crippen molar-refractivity contribution in [2.45, 2.75) is 6.92 Å². The van der Waals surface area contributed by atoms with E-state index in [9.17, 15) is 0 Å². The second-order valence-electron chi connectivity index (χ2n) is 3.10. The normalized spacial score (nSPS) is 16.2. The maximum absolute atomic E-state index is 5.77. The first-order valence-electron chi connectivity index (χ1n) is 4.19. The van der Waals surface area contributed by atoms with Gasteiger partial charge in [-0.05, 0) is 18.6 Å². The molecule has 0 aliphatic carbocycles. The highest BCUT2D eigenvalue weighted by molar-refractivity contribution is 6.24. The molecule has 0 atom stereocenters. The Labute approximate surface area is 77.0 Å². The topological polar surface area (TPSA) is 51.3 Å². The molecule has 2 heterocycles. The number of hydrogen-bond donors (Lipinski definition) is 1. The van der Waals surface area contributed by atoms with Gasteiger partial charge in [0.15, 0.2) is 0 Å². The van der Waals surface area contributed by atoms with Crippen molar-refractivity contribution in [3.63, 3.8) is 0 Å². The van der Waals surface area contributed by atoms with Gasteiger partial charge in [0.25, 0.3) is 0 Å².